The molecule has 1 heterocycles. The maximum atomic E-state index is 12.3. The van der Waals surface area contributed by atoms with E-state index in [4.69, 9.17) is 10.5 Å². The van der Waals surface area contributed by atoms with Gasteiger partial charge in [-0.15, -0.1) is 0 Å². The van der Waals surface area contributed by atoms with Gasteiger partial charge in [0.25, 0.3) is 0 Å². The molecule has 1 aromatic carbocycles. The van der Waals surface area contributed by atoms with E-state index >= 15 is 0 Å². The highest BCUT2D eigenvalue weighted by Crippen LogP contribution is 2.24. The summed E-state index contributed by atoms with van der Waals surface area (Å²) in [4.78, 5) is 14.2. The molecule has 4 heteroatoms. The van der Waals surface area contributed by atoms with E-state index in [1.807, 2.05) is 36.1 Å². The molecule has 0 radical (unpaired) electrons. The van der Waals surface area contributed by atoms with Crippen molar-refractivity contribution in [3.8, 4) is 5.75 Å². The van der Waals surface area contributed by atoms with Crippen molar-refractivity contribution in [1.82, 2.24) is 4.90 Å². The Hall–Kier alpha value is -1.97. The van der Waals surface area contributed by atoms with Gasteiger partial charge >= 0.3 is 0 Å². The van der Waals surface area contributed by atoms with Crippen LogP contribution in [0, 0.1) is 11.8 Å². The number of rotatable bonds is 4. The van der Waals surface area contributed by atoms with Crippen molar-refractivity contribution in [2.45, 2.75) is 27.2 Å². The average Bonchev–Trinajstić information content (AvgIpc) is 2.46. The summed E-state index contributed by atoms with van der Waals surface area (Å²) < 4.78 is 5.41. The first-order valence-corrected chi connectivity index (χ1v) is 7.99. The standard InChI is InChI=1S/C18H26N2O2/c1-4-22-17-7-5-15(10-16(17)19)6-8-18(21)20-11-13(2)9-14(3)12-20/h5-8,10,13-14H,4,9,11-12,19H2,1-3H3/b8-6-. The molecule has 1 aromatic rings. The Morgan fingerprint density at radius 2 is 2.05 bits per heavy atom. The number of carbonyl (C=O) groups excluding carboxylic acids is 1. The Kier molecular flexibility index (Phi) is 5.47. The quantitative estimate of drug-likeness (QED) is 0.686. The molecule has 2 N–H and O–H groups in total. The van der Waals surface area contributed by atoms with Gasteiger partial charge in [0.1, 0.15) is 5.75 Å². The lowest BCUT2D eigenvalue weighted by Crippen LogP contribution is -2.41. The van der Waals surface area contributed by atoms with Crippen LogP contribution in [0.2, 0.25) is 0 Å². The fourth-order valence-electron chi connectivity index (χ4n) is 3.07. The minimum absolute atomic E-state index is 0.0749. The summed E-state index contributed by atoms with van der Waals surface area (Å²) >= 11 is 0. The molecule has 0 spiro atoms. The number of ether oxygens (including phenoxy) is 1. The van der Waals surface area contributed by atoms with Gasteiger partial charge in [-0.05, 0) is 49.0 Å². The van der Waals surface area contributed by atoms with Crippen molar-refractivity contribution in [3.63, 3.8) is 0 Å². The van der Waals surface area contributed by atoms with Crippen molar-refractivity contribution < 1.29 is 9.53 Å². The van der Waals surface area contributed by atoms with E-state index in [1.165, 1.54) is 6.42 Å². The second kappa shape index (κ2) is 7.34. The molecule has 0 bridgehead atoms. The van der Waals surface area contributed by atoms with Gasteiger partial charge in [-0.2, -0.15) is 0 Å². The minimum atomic E-state index is 0.0749. The van der Waals surface area contributed by atoms with E-state index in [0.717, 1.165) is 18.7 Å². The maximum Gasteiger partial charge on any atom is 0.246 e. The highest BCUT2D eigenvalue weighted by Gasteiger charge is 2.23. The smallest absolute Gasteiger partial charge is 0.246 e. The van der Waals surface area contributed by atoms with Crippen LogP contribution in [0.3, 0.4) is 0 Å². The van der Waals surface area contributed by atoms with Crippen LogP contribution in [-0.4, -0.2) is 30.5 Å². The minimum Gasteiger partial charge on any atom is -0.492 e. The van der Waals surface area contributed by atoms with Gasteiger partial charge in [-0.3, -0.25) is 4.79 Å². The van der Waals surface area contributed by atoms with Gasteiger partial charge < -0.3 is 15.4 Å². The lowest BCUT2D eigenvalue weighted by Gasteiger charge is -2.34. The molecule has 120 valence electrons. The van der Waals surface area contributed by atoms with E-state index in [1.54, 1.807) is 6.08 Å². The van der Waals surface area contributed by atoms with Crippen molar-refractivity contribution in [2.75, 3.05) is 25.4 Å². The number of hydrogen-bond acceptors (Lipinski definition) is 3. The highest BCUT2D eigenvalue weighted by atomic mass is 16.5. The van der Waals surface area contributed by atoms with Crippen LogP contribution in [0.4, 0.5) is 5.69 Å². The third-order valence-electron chi connectivity index (χ3n) is 3.93. The molecule has 2 unspecified atom stereocenters. The summed E-state index contributed by atoms with van der Waals surface area (Å²) in [5.74, 6) is 1.90. The number of amides is 1. The van der Waals surface area contributed by atoms with E-state index in [9.17, 15) is 4.79 Å². The maximum absolute atomic E-state index is 12.3. The second-order valence-electron chi connectivity index (χ2n) is 6.25. The van der Waals surface area contributed by atoms with Gasteiger partial charge in [0.2, 0.25) is 5.91 Å². The van der Waals surface area contributed by atoms with Gasteiger partial charge in [0.05, 0.1) is 12.3 Å². The first-order chi connectivity index (χ1) is 10.5. The SMILES string of the molecule is CCOc1ccc(/C=C\C(=O)N2CC(C)CC(C)C2)cc1N. The predicted octanol–water partition coefficient (Wildman–Crippen LogP) is 3.19. The zero-order chi connectivity index (χ0) is 16.1. The van der Waals surface area contributed by atoms with Gasteiger partial charge in [0.15, 0.2) is 0 Å². The van der Waals surface area contributed by atoms with Gasteiger partial charge in [0, 0.05) is 19.2 Å². The first kappa shape index (κ1) is 16.4. The Labute approximate surface area is 132 Å². The van der Waals surface area contributed by atoms with Crippen LogP contribution in [-0.2, 0) is 4.79 Å². The second-order valence-corrected chi connectivity index (χ2v) is 6.25. The van der Waals surface area contributed by atoms with E-state index < -0.39 is 0 Å². The molecule has 0 aliphatic carbocycles. The summed E-state index contributed by atoms with van der Waals surface area (Å²) in [5.41, 5.74) is 7.44. The number of likely N-dealkylation sites (tertiary alicyclic amines) is 1. The summed E-state index contributed by atoms with van der Waals surface area (Å²) in [6.45, 7) is 8.60. The van der Waals surface area contributed by atoms with Crippen molar-refractivity contribution >= 4 is 17.7 Å². The zero-order valence-electron chi connectivity index (χ0n) is 13.7. The lowest BCUT2D eigenvalue weighted by atomic mass is 9.92. The van der Waals surface area contributed by atoms with Crippen molar-refractivity contribution in [1.29, 1.82) is 0 Å². The Bertz CT molecular complexity index is 544. The highest BCUT2D eigenvalue weighted by molar-refractivity contribution is 5.92. The number of benzene rings is 1. The molecule has 0 aromatic heterocycles. The first-order valence-electron chi connectivity index (χ1n) is 7.99. The molecular formula is C18H26N2O2. The number of piperidine rings is 1. The van der Waals surface area contributed by atoms with E-state index in [-0.39, 0.29) is 5.91 Å². The number of nitrogens with two attached hydrogens (primary N) is 1. The van der Waals surface area contributed by atoms with Crippen molar-refractivity contribution in [3.05, 3.63) is 29.8 Å². The average molecular weight is 302 g/mol. The van der Waals surface area contributed by atoms with E-state index in [2.05, 4.69) is 13.8 Å². The van der Waals surface area contributed by atoms with Crippen LogP contribution in [0.1, 0.15) is 32.8 Å². The molecule has 1 saturated heterocycles. The fraction of sp³-hybridized carbons (Fsp3) is 0.500. The Balaban J connectivity index is 2.01. The Morgan fingerprint density at radius 3 is 2.64 bits per heavy atom. The van der Waals surface area contributed by atoms with Crippen LogP contribution in [0.25, 0.3) is 6.08 Å². The third-order valence-corrected chi connectivity index (χ3v) is 3.93. The molecule has 2 atom stereocenters. The molecule has 0 saturated carbocycles. The zero-order valence-corrected chi connectivity index (χ0v) is 13.7. The fourth-order valence-corrected chi connectivity index (χ4v) is 3.07. The molecule has 2 rings (SSSR count). The summed E-state index contributed by atoms with van der Waals surface area (Å²) in [5, 5.41) is 0. The number of anilines is 1. The molecule has 1 amide bonds. The van der Waals surface area contributed by atoms with Crippen LogP contribution >= 0.6 is 0 Å². The molecule has 1 aliphatic heterocycles. The summed E-state index contributed by atoms with van der Waals surface area (Å²) in [6.07, 6.45) is 4.65. The monoisotopic (exact) mass is 302 g/mol. The number of nitrogen functional groups attached to an aromatic ring is 1. The molecule has 22 heavy (non-hydrogen) atoms. The third kappa shape index (κ3) is 4.26. The molecule has 4 nitrogen and oxygen atoms in total. The van der Waals surface area contributed by atoms with Crippen LogP contribution in [0.15, 0.2) is 24.3 Å². The van der Waals surface area contributed by atoms with Gasteiger partial charge in [-0.1, -0.05) is 19.9 Å². The number of nitrogens with zero attached hydrogens (tertiary/aromatic N) is 1. The van der Waals surface area contributed by atoms with Crippen molar-refractivity contribution in [2.24, 2.45) is 11.8 Å². The predicted molar refractivity (Wildman–Crippen MR) is 90.6 cm³/mol. The number of carbonyl (C=O) groups is 1. The van der Waals surface area contributed by atoms with Crippen LogP contribution in [0.5, 0.6) is 5.75 Å². The normalized spacial score (nSPS) is 22.0. The van der Waals surface area contributed by atoms with Crippen LogP contribution < -0.4 is 10.5 Å². The van der Waals surface area contributed by atoms with Gasteiger partial charge in [-0.25, -0.2) is 0 Å². The lowest BCUT2D eigenvalue weighted by molar-refractivity contribution is -0.128. The summed E-state index contributed by atoms with van der Waals surface area (Å²) in [6, 6.07) is 5.58. The molecule has 1 aliphatic rings. The summed E-state index contributed by atoms with van der Waals surface area (Å²) in [7, 11) is 0. The largest absolute Gasteiger partial charge is 0.492 e. The Morgan fingerprint density at radius 1 is 1.36 bits per heavy atom. The molecule has 1 fully saturated rings. The number of hydrogen-bond donors (Lipinski definition) is 1. The topological polar surface area (TPSA) is 55.6 Å². The molecular weight excluding hydrogens is 276 g/mol. The van der Waals surface area contributed by atoms with E-state index in [0.29, 0.717) is 29.9 Å².